The Morgan fingerprint density at radius 2 is 2.05 bits per heavy atom. The van der Waals surface area contributed by atoms with Crippen molar-refractivity contribution < 1.29 is 8.42 Å². The van der Waals surface area contributed by atoms with E-state index in [1.165, 1.54) is 0 Å². The number of hydrogen-bond acceptors (Lipinski definition) is 4. The lowest BCUT2D eigenvalue weighted by molar-refractivity contribution is 0.367. The Labute approximate surface area is 132 Å². The zero-order chi connectivity index (χ0) is 15.5. The molecule has 1 N–H and O–H groups in total. The highest BCUT2D eigenvalue weighted by atomic mass is 32.2. The predicted molar refractivity (Wildman–Crippen MR) is 89.2 cm³/mol. The maximum Gasteiger partial charge on any atom is 0.243 e. The molecule has 2 atom stereocenters. The van der Waals surface area contributed by atoms with Crippen LogP contribution in [-0.4, -0.2) is 43.4 Å². The van der Waals surface area contributed by atoms with Crippen LogP contribution in [0.1, 0.15) is 32.4 Å². The van der Waals surface area contributed by atoms with Gasteiger partial charge in [-0.05, 0) is 38.1 Å². The second-order valence-corrected chi connectivity index (χ2v) is 8.43. The third-order valence-corrected chi connectivity index (χ3v) is 7.02. The number of hydrogen-bond donors (Lipinski definition) is 1. The smallest absolute Gasteiger partial charge is 0.243 e. The first-order valence-electron chi connectivity index (χ1n) is 7.39. The summed E-state index contributed by atoms with van der Waals surface area (Å²) < 4.78 is 27.0. The highest BCUT2D eigenvalue weighted by Gasteiger charge is 2.31. The van der Waals surface area contributed by atoms with Crippen molar-refractivity contribution in [2.45, 2.75) is 37.8 Å². The molecule has 0 bridgehead atoms. The summed E-state index contributed by atoms with van der Waals surface area (Å²) in [5.41, 5.74) is 1.11. The average Bonchev–Trinajstić information content (AvgIpc) is 2.48. The Morgan fingerprint density at radius 3 is 2.62 bits per heavy atom. The highest BCUT2D eigenvalue weighted by molar-refractivity contribution is 7.99. The van der Waals surface area contributed by atoms with Gasteiger partial charge in [-0.15, -0.1) is 0 Å². The second-order valence-electron chi connectivity index (χ2n) is 5.39. The molecule has 0 aromatic heterocycles. The Bertz CT molecular complexity index is 558. The maximum atomic E-state index is 12.7. The molecule has 1 aromatic carbocycles. The van der Waals surface area contributed by atoms with Crippen molar-refractivity contribution in [1.82, 2.24) is 9.62 Å². The van der Waals surface area contributed by atoms with Crippen LogP contribution >= 0.6 is 11.8 Å². The lowest BCUT2D eigenvalue weighted by Gasteiger charge is -2.32. The van der Waals surface area contributed by atoms with E-state index in [0.717, 1.165) is 23.6 Å². The summed E-state index contributed by atoms with van der Waals surface area (Å²) in [7, 11) is -3.37. The van der Waals surface area contributed by atoms with Crippen LogP contribution < -0.4 is 5.32 Å². The summed E-state index contributed by atoms with van der Waals surface area (Å²) >= 11 is 1.82. The number of nitrogens with zero attached hydrogens (tertiary/aromatic N) is 1. The molecule has 4 nitrogen and oxygen atoms in total. The van der Waals surface area contributed by atoms with Gasteiger partial charge in [0, 0.05) is 30.1 Å². The molecule has 118 valence electrons. The molecule has 0 amide bonds. The summed E-state index contributed by atoms with van der Waals surface area (Å²) in [6.45, 7) is 7.61. The third-order valence-electron chi connectivity index (χ3n) is 3.80. The SMILES string of the molecule is CCNC(C)c1ccc(S(=O)(=O)N2CCSCC2C)cc1. The van der Waals surface area contributed by atoms with E-state index >= 15 is 0 Å². The minimum Gasteiger partial charge on any atom is -0.310 e. The summed E-state index contributed by atoms with van der Waals surface area (Å²) in [6.07, 6.45) is 0. The minimum absolute atomic E-state index is 0.0640. The molecule has 1 aliphatic rings. The fourth-order valence-corrected chi connectivity index (χ4v) is 5.41. The van der Waals surface area contributed by atoms with Gasteiger partial charge in [-0.3, -0.25) is 0 Å². The molecule has 0 saturated carbocycles. The molecule has 1 fully saturated rings. The lowest BCUT2D eigenvalue weighted by Crippen LogP contribution is -2.44. The monoisotopic (exact) mass is 328 g/mol. The maximum absolute atomic E-state index is 12.7. The van der Waals surface area contributed by atoms with Crippen molar-refractivity contribution in [3.05, 3.63) is 29.8 Å². The van der Waals surface area contributed by atoms with E-state index in [1.807, 2.05) is 30.8 Å². The van der Waals surface area contributed by atoms with Gasteiger partial charge in [0.05, 0.1) is 4.90 Å². The van der Waals surface area contributed by atoms with Crippen molar-refractivity contribution in [1.29, 1.82) is 0 Å². The van der Waals surface area contributed by atoms with Gasteiger partial charge in [0.2, 0.25) is 10.0 Å². The zero-order valence-corrected chi connectivity index (χ0v) is 14.5. The summed E-state index contributed by atoms with van der Waals surface area (Å²) in [5.74, 6) is 1.74. The molecule has 2 rings (SSSR count). The van der Waals surface area contributed by atoms with Crippen LogP contribution in [0.2, 0.25) is 0 Å². The lowest BCUT2D eigenvalue weighted by atomic mass is 10.1. The van der Waals surface area contributed by atoms with Crippen LogP contribution in [-0.2, 0) is 10.0 Å². The number of rotatable bonds is 5. The van der Waals surface area contributed by atoms with E-state index in [9.17, 15) is 8.42 Å². The van der Waals surface area contributed by atoms with Gasteiger partial charge in [-0.25, -0.2) is 8.42 Å². The first-order valence-corrected chi connectivity index (χ1v) is 9.99. The predicted octanol–water partition coefficient (Wildman–Crippen LogP) is 2.48. The summed E-state index contributed by atoms with van der Waals surface area (Å²) in [5, 5.41) is 3.33. The molecular formula is C15H24N2O2S2. The Balaban J connectivity index is 2.20. The molecule has 0 radical (unpaired) electrons. The van der Waals surface area contributed by atoms with E-state index in [0.29, 0.717) is 11.4 Å². The molecule has 1 heterocycles. The fraction of sp³-hybridized carbons (Fsp3) is 0.600. The average molecular weight is 329 g/mol. The van der Waals surface area contributed by atoms with Gasteiger partial charge in [-0.1, -0.05) is 19.1 Å². The first kappa shape index (κ1) is 16.8. The Morgan fingerprint density at radius 1 is 1.38 bits per heavy atom. The minimum atomic E-state index is -3.37. The van der Waals surface area contributed by atoms with Crippen LogP contribution in [0.4, 0.5) is 0 Å². The quantitative estimate of drug-likeness (QED) is 0.902. The number of nitrogens with one attached hydrogen (secondary N) is 1. The van der Waals surface area contributed by atoms with Crippen LogP contribution in [0.15, 0.2) is 29.2 Å². The van der Waals surface area contributed by atoms with E-state index in [2.05, 4.69) is 19.2 Å². The molecule has 0 aliphatic carbocycles. The van der Waals surface area contributed by atoms with Gasteiger partial charge in [0.15, 0.2) is 0 Å². The van der Waals surface area contributed by atoms with Gasteiger partial charge in [-0.2, -0.15) is 16.1 Å². The number of sulfonamides is 1. The first-order chi connectivity index (χ1) is 9.96. The highest BCUT2D eigenvalue weighted by Crippen LogP contribution is 2.25. The molecule has 6 heteroatoms. The van der Waals surface area contributed by atoms with Crippen molar-refractivity contribution in [2.24, 2.45) is 0 Å². The van der Waals surface area contributed by atoms with Gasteiger partial charge >= 0.3 is 0 Å². The Kier molecular flexibility index (Phi) is 5.71. The van der Waals surface area contributed by atoms with Crippen molar-refractivity contribution in [3.8, 4) is 0 Å². The number of benzene rings is 1. The normalized spacial score (nSPS) is 22.1. The van der Waals surface area contributed by atoms with E-state index < -0.39 is 10.0 Å². The van der Waals surface area contributed by atoms with Gasteiger partial charge in [0.1, 0.15) is 0 Å². The molecule has 0 spiro atoms. The molecule has 1 aromatic rings. The second kappa shape index (κ2) is 7.13. The topological polar surface area (TPSA) is 49.4 Å². The summed E-state index contributed by atoms with van der Waals surface area (Å²) in [4.78, 5) is 0.397. The molecule has 2 unspecified atom stereocenters. The Hall–Kier alpha value is -0.560. The van der Waals surface area contributed by atoms with Crippen LogP contribution in [0.25, 0.3) is 0 Å². The zero-order valence-electron chi connectivity index (χ0n) is 12.9. The number of thioether (sulfide) groups is 1. The van der Waals surface area contributed by atoms with Crippen LogP contribution in [0, 0.1) is 0 Å². The van der Waals surface area contributed by atoms with Crippen LogP contribution in [0.5, 0.6) is 0 Å². The fourth-order valence-electron chi connectivity index (χ4n) is 2.56. The summed E-state index contributed by atoms with van der Waals surface area (Å²) in [6, 6.07) is 7.57. The van der Waals surface area contributed by atoms with E-state index in [4.69, 9.17) is 0 Å². The van der Waals surface area contributed by atoms with Crippen molar-refractivity contribution >= 4 is 21.8 Å². The standard InChI is InChI=1S/C15H24N2O2S2/c1-4-16-13(3)14-5-7-15(8-6-14)21(18,19)17-9-10-20-11-12(17)2/h5-8,12-13,16H,4,9-11H2,1-3H3. The van der Waals surface area contributed by atoms with E-state index in [-0.39, 0.29) is 12.1 Å². The van der Waals surface area contributed by atoms with Crippen molar-refractivity contribution in [3.63, 3.8) is 0 Å². The molecule has 1 aliphatic heterocycles. The van der Waals surface area contributed by atoms with Crippen LogP contribution in [0.3, 0.4) is 0 Å². The third kappa shape index (κ3) is 3.80. The molecule has 21 heavy (non-hydrogen) atoms. The van der Waals surface area contributed by atoms with Gasteiger partial charge in [0.25, 0.3) is 0 Å². The molecule has 1 saturated heterocycles. The van der Waals surface area contributed by atoms with E-state index in [1.54, 1.807) is 16.4 Å². The van der Waals surface area contributed by atoms with Crippen molar-refractivity contribution in [2.75, 3.05) is 24.6 Å². The largest absolute Gasteiger partial charge is 0.310 e. The molecular weight excluding hydrogens is 304 g/mol. The van der Waals surface area contributed by atoms with Gasteiger partial charge < -0.3 is 5.32 Å².